The van der Waals surface area contributed by atoms with E-state index in [-0.39, 0.29) is 22.8 Å². The molecule has 0 spiro atoms. The van der Waals surface area contributed by atoms with E-state index in [0.29, 0.717) is 24.0 Å². The SMILES string of the molecule is CCCCc1c(O)c(CCCC)c(O)c(C(C)=O)c1O. The first kappa shape index (κ1) is 16.3. The zero-order chi connectivity index (χ0) is 15.3. The van der Waals surface area contributed by atoms with E-state index in [4.69, 9.17) is 0 Å². The number of hydrogen-bond acceptors (Lipinski definition) is 4. The van der Waals surface area contributed by atoms with E-state index in [9.17, 15) is 20.1 Å². The van der Waals surface area contributed by atoms with Gasteiger partial charge in [-0.3, -0.25) is 4.79 Å². The van der Waals surface area contributed by atoms with Crippen molar-refractivity contribution >= 4 is 5.78 Å². The molecule has 1 aromatic carbocycles. The van der Waals surface area contributed by atoms with Crippen LogP contribution in [0.5, 0.6) is 17.2 Å². The van der Waals surface area contributed by atoms with E-state index >= 15 is 0 Å². The van der Waals surface area contributed by atoms with Crippen LogP contribution >= 0.6 is 0 Å². The number of Topliss-reactive ketones (excluding diaryl/α,β-unsaturated/α-hetero) is 1. The molecule has 0 fully saturated rings. The quantitative estimate of drug-likeness (QED) is 0.666. The topological polar surface area (TPSA) is 77.8 Å². The predicted octanol–water partition coefficient (Wildman–Crippen LogP) is 3.69. The summed E-state index contributed by atoms with van der Waals surface area (Å²) >= 11 is 0. The Kier molecular flexibility index (Phi) is 5.86. The number of carbonyl (C=O) groups excluding carboxylic acids is 1. The Morgan fingerprint density at radius 2 is 1.25 bits per heavy atom. The summed E-state index contributed by atoms with van der Waals surface area (Å²) in [4.78, 5) is 11.6. The minimum Gasteiger partial charge on any atom is -0.507 e. The second-order valence-electron chi connectivity index (χ2n) is 5.14. The molecule has 3 N–H and O–H groups in total. The number of unbranched alkanes of at least 4 members (excludes halogenated alkanes) is 2. The summed E-state index contributed by atoms with van der Waals surface area (Å²) in [5.74, 6) is -1.01. The van der Waals surface area contributed by atoms with Gasteiger partial charge in [0.25, 0.3) is 0 Å². The molecule has 1 rings (SSSR count). The van der Waals surface area contributed by atoms with Crippen LogP contribution in [0.4, 0.5) is 0 Å². The van der Waals surface area contributed by atoms with Crippen molar-refractivity contribution in [1.82, 2.24) is 0 Å². The molecule has 0 radical (unpaired) electrons. The lowest BCUT2D eigenvalue weighted by atomic mass is 9.93. The maximum atomic E-state index is 11.6. The second kappa shape index (κ2) is 7.17. The number of ketones is 1. The monoisotopic (exact) mass is 280 g/mol. The molecule has 4 heteroatoms. The maximum absolute atomic E-state index is 11.6. The van der Waals surface area contributed by atoms with E-state index in [2.05, 4.69) is 0 Å². The molecule has 112 valence electrons. The van der Waals surface area contributed by atoms with E-state index in [0.717, 1.165) is 25.7 Å². The highest BCUT2D eigenvalue weighted by Crippen LogP contribution is 2.43. The predicted molar refractivity (Wildman–Crippen MR) is 78.7 cm³/mol. The Morgan fingerprint density at radius 3 is 1.55 bits per heavy atom. The molecule has 0 aliphatic rings. The molecule has 20 heavy (non-hydrogen) atoms. The zero-order valence-electron chi connectivity index (χ0n) is 12.5. The molecule has 0 saturated carbocycles. The third-order valence-corrected chi connectivity index (χ3v) is 3.53. The van der Waals surface area contributed by atoms with Crippen LogP contribution in [0.3, 0.4) is 0 Å². The summed E-state index contributed by atoms with van der Waals surface area (Å²) in [6.45, 7) is 5.33. The van der Waals surface area contributed by atoms with Gasteiger partial charge in [0.05, 0.1) is 0 Å². The smallest absolute Gasteiger partial charge is 0.167 e. The Labute approximate surface area is 120 Å². The van der Waals surface area contributed by atoms with Gasteiger partial charge in [0.1, 0.15) is 22.8 Å². The van der Waals surface area contributed by atoms with Crippen molar-refractivity contribution in [1.29, 1.82) is 0 Å². The van der Waals surface area contributed by atoms with Crippen molar-refractivity contribution in [2.24, 2.45) is 0 Å². The van der Waals surface area contributed by atoms with Crippen molar-refractivity contribution < 1.29 is 20.1 Å². The number of phenols is 3. The van der Waals surface area contributed by atoms with Gasteiger partial charge in [-0.1, -0.05) is 26.7 Å². The summed E-state index contributed by atoms with van der Waals surface area (Å²) < 4.78 is 0. The number of phenolic OH excluding ortho intramolecular Hbond substituents is 3. The minimum atomic E-state index is -0.393. The molecule has 4 nitrogen and oxygen atoms in total. The van der Waals surface area contributed by atoms with Crippen LogP contribution in [0.15, 0.2) is 0 Å². The van der Waals surface area contributed by atoms with Gasteiger partial charge in [-0.15, -0.1) is 0 Å². The fraction of sp³-hybridized carbons (Fsp3) is 0.562. The molecule has 0 bridgehead atoms. The first-order chi connectivity index (χ1) is 9.45. The van der Waals surface area contributed by atoms with Crippen LogP contribution in [-0.4, -0.2) is 21.1 Å². The van der Waals surface area contributed by atoms with Crippen molar-refractivity contribution in [3.8, 4) is 17.2 Å². The van der Waals surface area contributed by atoms with Crippen LogP contribution < -0.4 is 0 Å². The highest BCUT2D eigenvalue weighted by atomic mass is 16.3. The summed E-state index contributed by atoms with van der Waals surface area (Å²) in [7, 11) is 0. The highest BCUT2D eigenvalue weighted by Gasteiger charge is 2.24. The largest absolute Gasteiger partial charge is 0.507 e. The summed E-state index contributed by atoms with van der Waals surface area (Å²) in [5, 5.41) is 30.6. The number of hydrogen-bond donors (Lipinski definition) is 3. The van der Waals surface area contributed by atoms with Crippen molar-refractivity contribution in [3.63, 3.8) is 0 Å². The average molecular weight is 280 g/mol. The molecule has 0 atom stereocenters. The fourth-order valence-corrected chi connectivity index (χ4v) is 2.33. The Bertz CT molecular complexity index is 457. The van der Waals surface area contributed by atoms with Crippen LogP contribution in [0, 0.1) is 0 Å². The van der Waals surface area contributed by atoms with E-state index < -0.39 is 5.78 Å². The first-order valence-electron chi connectivity index (χ1n) is 7.25. The van der Waals surface area contributed by atoms with Gasteiger partial charge in [0, 0.05) is 11.1 Å². The van der Waals surface area contributed by atoms with Gasteiger partial charge in [0.15, 0.2) is 5.78 Å². The molecule has 0 aliphatic heterocycles. The van der Waals surface area contributed by atoms with Gasteiger partial charge in [-0.25, -0.2) is 0 Å². The van der Waals surface area contributed by atoms with Gasteiger partial charge < -0.3 is 15.3 Å². The number of rotatable bonds is 7. The maximum Gasteiger partial charge on any atom is 0.167 e. The number of carbonyl (C=O) groups is 1. The normalized spacial score (nSPS) is 10.8. The van der Waals surface area contributed by atoms with Crippen molar-refractivity contribution in [2.75, 3.05) is 0 Å². The van der Waals surface area contributed by atoms with Gasteiger partial charge in [-0.05, 0) is 32.6 Å². The van der Waals surface area contributed by atoms with Gasteiger partial charge in [-0.2, -0.15) is 0 Å². The van der Waals surface area contributed by atoms with Crippen LogP contribution in [0.2, 0.25) is 0 Å². The Balaban J connectivity index is 3.42. The van der Waals surface area contributed by atoms with E-state index in [1.54, 1.807) is 0 Å². The van der Waals surface area contributed by atoms with E-state index in [1.807, 2.05) is 13.8 Å². The van der Waals surface area contributed by atoms with Crippen LogP contribution in [0.25, 0.3) is 0 Å². The van der Waals surface area contributed by atoms with E-state index in [1.165, 1.54) is 6.92 Å². The van der Waals surface area contributed by atoms with Crippen molar-refractivity contribution in [3.05, 3.63) is 16.7 Å². The first-order valence-corrected chi connectivity index (χ1v) is 7.25. The molecule has 0 heterocycles. The molecular formula is C16H24O4. The summed E-state index contributed by atoms with van der Waals surface area (Å²) in [6, 6.07) is 0. The average Bonchev–Trinajstić information content (AvgIpc) is 2.38. The Morgan fingerprint density at radius 1 is 0.850 bits per heavy atom. The number of benzene rings is 1. The minimum absolute atomic E-state index is 0.0631. The molecule has 0 saturated heterocycles. The molecular weight excluding hydrogens is 256 g/mol. The number of aromatic hydroxyl groups is 3. The third-order valence-electron chi connectivity index (χ3n) is 3.53. The second-order valence-corrected chi connectivity index (χ2v) is 5.14. The molecule has 0 aromatic heterocycles. The van der Waals surface area contributed by atoms with Gasteiger partial charge in [0.2, 0.25) is 0 Å². The zero-order valence-corrected chi connectivity index (χ0v) is 12.5. The molecule has 0 aliphatic carbocycles. The third kappa shape index (κ3) is 3.24. The Hall–Kier alpha value is -1.71. The molecule has 0 amide bonds. The molecule has 1 aromatic rings. The highest BCUT2D eigenvalue weighted by molar-refractivity contribution is 6.01. The van der Waals surface area contributed by atoms with Gasteiger partial charge >= 0.3 is 0 Å². The van der Waals surface area contributed by atoms with Crippen LogP contribution in [0.1, 0.15) is 67.9 Å². The molecule has 0 unspecified atom stereocenters. The summed E-state index contributed by atoms with van der Waals surface area (Å²) in [6.07, 6.45) is 4.42. The fourth-order valence-electron chi connectivity index (χ4n) is 2.33. The lowest BCUT2D eigenvalue weighted by Crippen LogP contribution is -2.02. The van der Waals surface area contributed by atoms with Crippen LogP contribution in [-0.2, 0) is 12.8 Å². The van der Waals surface area contributed by atoms with Crippen molar-refractivity contribution in [2.45, 2.75) is 59.3 Å². The summed E-state index contributed by atoms with van der Waals surface area (Å²) in [5.41, 5.74) is 0.682. The lowest BCUT2D eigenvalue weighted by molar-refractivity contribution is 0.101. The lowest BCUT2D eigenvalue weighted by Gasteiger charge is -2.17. The standard InChI is InChI=1S/C16H24O4/c1-4-6-8-11-14(18)12(9-7-5-2)16(20)13(10(3)17)15(11)19/h18-20H,4-9H2,1-3H3.